The summed E-state index contributed by atoms with van der Waals surface area (Å²) in [6.45, 7) is 0.499. The number of hydrogen-bond acceptors (Lipinski definition) is 5. The highest BCUT2D eigenvalue weighted by atomic mass is 32.2. The van der Waals surface area contributed by atoms with Crippen LogP contribution in [-0.2, 0) is 6.54 Å². The fraction of sp³-hybridized carbons (Fsp3) is 0.0800. The van der Waals surface area contributed by atoms with E-state index in [4.69, 9.17) is 0 Å². The number of para-hydroxylation sites is 1. The molecule has 0 radical (unpaired) electrons. The van der Waals surface area contributed by atoms with Crippen LogP contribution >= 0.6 is 23.1 Å². The van der Waals surface area contributed by atoms with E-state index in [2.05, 4.69) is 44.4 Å². The third kappa shape index (κ3) is 4.30. The molecule has 7 heteroatoms. The first kappa shape index (κ1) is 20.5. The highest BCUT2D eigenvalue weighted by Gasteiger charge is 2.28. The van der Waals surface area contributed by atoms with Crippen LogP contribution in [0.3, 0.4) is 0 Å². The first-order valence-electron chi connectivity index (χ1n) is 10.2. The highest BCUT2D eigenvalue weighted by molar-refractivity contribution is 8.14. The standard InChI is InChI=1S/C25H20N4OS2/c30-25-28(16-19-10-4-1-5-11-19)23(18-32-25)26-27-24-29(21-14-8-3-9-15-21)22(17-31-24)20-12-6-2-7-13-20/h1-15,17H,16,18H2/b26-23+,27-24+. The van der Waals surface area contributed by atoms with Crippen molar-refractivity contribution in [2.24, 2.45) is 10.2 Å². The predicted octanol–water partition coefficient (Wildman–Crippen LogP) is 5.79. The molecule has 2 heterocycles. The zero-order valence-electron chi connectivity index (χ0n) is 17.2. The highest BCUT2D eigenvalue weighted by Crippen LogP contribution is 2.24. The maximum Gasteiger partial charge on any atom is 0.287 e. The third-order valence-electron chi connectivity index (χ3n) is 5.08. The molecule has 0 unspecified atom stereocenters. The van der Waals surface area contributed by atoms with Gasteiger partial charge in [0.2, 0.25) is 4.80 Å². The number of nitrogens with zero attached hydrogens (tertiary/aromatic N) is 4. The topological polar surface area (TPSA) is 50.0 Å². The predicted molar refractivity (Wildman–Crippen MR) is 132 cm³/mol. The summed E-state index contributed by atoms with van der Waals surface area (Å²) in [6, 6.07) is 30.3. The summed E-state index contributed by atoms with van der Waals surface area (Å²) in [4.78, 5) is 14.9. The molecule has 5 rings (SSSR count). The number of carbonyl (C=O) groups excluding carboxylic acids is 1. The Hall–Kier alpha value is -3.42. The molecular formula is C25H20N4OS2. The summed E-state index contributed by atoms with van der Waals surface area (Å²) >= 11 is 2.80. The lowest BCUT2D eigenvalue weighted by molar-refractivity contribution is 0.244. The molecule has 0 atom stereocenters. The van der Waals surface area contributed by atoms with Gasteiger partial charge < -0.3 is 0 Å². The SMILES string of the molecule is O=C1SC/C(=N\N=c2\scc(-c3ccccc3)n2-c2ccccc2)N1Cc1ccccc1. The van der Waals surface area contributed by atoms with Crippen LogP contribution in [0.2, 0.25) is 0 Å². The number of hydrogen-bond donors (Lipinski definition) is 0. The first-order chi connectivity index (χ1) is 15.8. The quantitative estimate of drug-likeness (QED) is 0.357. The van der Waals surface area contributed by atoms with Gasteiger partial charge in [0.1, 0.15) is 5.84 Å². The van der Waals surface area contributed by atoms with Gasteiger partial charge in [0.15, 0.2) is 0 Å². The minimum Gasteiger partial charge on any atom is -0.284 e. The number of rotatable bonds is 5. The Labute approximate surface area is 194 Å². The van der Waals surface area contributed by atoms with Crippen molar-refractivity contribution in [3.8, 4) is 16.9 Å². The molecule has 0 N–H and O–H groups in total. The van der Waals surface area contributed by atoms with Crippen molar-refractivity contribution in [1.29, 1.82) is 0 Å². The molecule has 4 aromatic rings. The summed E-state index contributed by atoms with van der Waals surface area (Å²) in [6.07, 6.45) is 0. The van der Waals surface area contributed by atoms with Gasteiger partial charge in [-0.05, 0) is 23.3 Å². The molecule has 158 valence electrons. The second kappa shape index (κ2) is 9.38. The summed E-state index contributed by atoms with van der Waals surface area (Å²) in [7, 11) is 0. The Bertz CT molecular complexity index is 1310. The van der Waals surface area contributed by atoms with Crippen LogP contribution in [0.1, 0.15) is 5.56 Å². The van der Waals surface area contributed by atoms with E-state index in [0.29, 0.717) is 18.1 Å². The van der Waals surface area contributed by atoms with Gasteiger partial charge in [-0.25, -0.2) is 0 Å². The second-order valence-corrected chi connectivity index (χ2v) is 8.95. The van der Waals surface area contributed by atoms with Crippen LogP contribution in [0.25, 0.3) is 16.9 Å². The van der Waals surface area contributed by atoms with E-state index >= 15 is 0 Å². The number of benzene rings is 3. The molecule has 0 saturated carbocycles. The third-order valence-corrected chi connectivity index (χ3v) is 6.77. The lowest BCUT2D eigenvalue weighted by Crippen LogP contribution is -2.28. The average molecular weight is 457 g/mol. The van der Waals surface area contributed by atoms with Gasteiger partial charge in [-0.2, -0.15) is 0 Å². The van der Waals surface area contributed by atoms with Crippen LogP contribution in [0.15, 0.2) is 107 Å². The fourth-order valence-electron chi connectivity index (χ4n) is 3.51. The van der Waals surface area contributed by atoms with Gasteiger partial charge in [0.05, 0.1) is 18.0 Å². The molecule has 5 nitrogen and oxygen atoms in total. The first-order valence-corrected chi connectivity index (χ1v) is 12.1. The van der Waals surface area contributed by atoms with Crippen molar-refractivity contribution in [3.05, 3.63) is 107 Å². The number of amidine groups is 1. The maximum absolute atomic E-state index is 12.4. The van der Waals surface area contributed by atoms with Crippen LogP contribution in [-0.4, -0.2) is 26.3 Å². The van der Waals surface area contributed by atoms with Crippen molar-refractivity contribution in [3.63, 3.8) is 0 Å². The van der Waals surface area contributed by atoms with Crippen molar-refractivity contribution >= 4 is 34.2 Å². The van der Waals surface area contributed by atoms with Gasteiger partial charge in [-0.3, -0.25) is 14.3 Å². The van der Waals surface area contributed by atoms with E-state index in [1.165, 1.54) is 23.1 Å². The van der Waals surface area contributed by atoms with Crippen molar-refractivity contribution in [1.82, 2.24) is 9.47 Å². The van der Waals surface area contributed by atoms with E-state index in [9.17, 15) is 4.79 Å². The number of carbonyl (C=O) groups is 1. The van der Waals surface area contributed by atoms with Gasteiger partial charge in [0.25, 0.3) is 5.24 Å². The zero-order chi connectivity index (χ0) is 21.8. The molecule has 1 aromatic heterocycles. The molecule has 1 amide bonds. The van der Waals surface area contributed by atoms with E-state index in [0.717, 1.165) is 27.3 Å². The van der Waals surface area contributed by atoms with Gasteiger partial charge in [0, 0.05) is 11.1 Å². The number of thiazole rings is 1. The van der Waals surface area contributed by atoms with Gasteiger partial charge in [-0.1, -0.05) is 90.6 Å². The maximum atomic E-state index is 12.4. The summed E-state index contributed by atoms with van der Waals surface area (Å²) in [5.74, 6) is 1.20. The summed E-state index contributed by atoms with van der Waals surface area (Å²) in [5.41, 5.74) is 4.25. The summed E-state index contributed by atoms with van der Waals surface area (Å²) in [5, 5.41) is 11.2. The van der Waals surface area contributed by atoms with Crippen LogP contribution in [0.5, 0.6) is 0 Å². The number of aromatic nitrogens is 1. The van der Waals surface area contributed by atoms with E-state index in [1.54, 1.807) is 4.90 Å². The Morgan fingerprint density at radius 3 is 2.19 bits per heavy atom. The lowest BCUT2D eigenvalue weighted by Gasteiger charge is -2.15. The van der Waals surface area contributed by atoms with Crippen molar-refractivity contribution in [2.75, 3.05) is 5.75 Å². The molecule has 0 spiro atoms. The molecule has 0 bridgehead atoms. The molecule has 1 aliphatic rings. The molecule has 32 heavy (non-hydrogen) atoms. The lowest BCUT2D eigenvalue weighted by atomic mass is 10.1. The average Bonchev–Trinajstić information content (AvgIpc) is 3.43. The van der Waals surface area contributed by atoms with Crippen LogP contribution in [0.4, 0.5) is 4.79 Å². The molecule has 1 fully saturated rings. The van der Waals surface area contributed by atoms with Gasteiger partial charge in [-0.15, -0.1) is 21.5 Å². The molecular weight excluding hydrogens is 436 g/mol. The minimum absolute atomic E-state index is 0.00916. The Morgan fingerprint density at radius 1 is 0.812 bits per heavy atom. The van der Waals surface area contributed by atoms with E-state index < -0.39 is 0 Å². The molecule has 1 saturated heterocycles. The van der Waals surface area contributed by atoms with E-state index in [1.807, 2.05) is 66.7 Å². The normalized spacial score (nSPS) is 15.6. The molecule has 3 aromatic carbocycles. The van der Waals surface area contributed by atoms with E-state index in [-0.39, 0.29) is 5.24 Å². The van der Waals surface area contributed by atoms with Crippen LogP contribution in [0, 0.1) is 0 Å². The molecule has 1 aliphatic heterocycles. The Kier molecular flexibility index (Phi) is 6.00. The smallest absolute Gasteiger partial charge is 0.284 e. The van der Waals surface area contributed by atoms with Crippen molar-refractivity contribution < 1.29 is 4.79 Å². The largest absolute Gasteiger partial charge is 0.287 e. The van der Waals surface area contributed by atoms with Crippen LogP contribution < -0.4 is 4.80 Å². The Morgan fingerprint density at radius 2 is 1.47 bits per heavy atom. The summed E-state index contributed by atoms with van der Waals surface area (Å²) < 4.78 is 2.11. The molecule has 0 aliphatic carbocycles. The number of thioether (sulfide) groups is 1. The zero-order valence-corrected chi connectivity index (χ0v) is 18.8. The number of amides is 1. The fourth-order valence-corrected chi connectivity index (χ4v) is 5.16. The van der Waals surface area contributed by atoms with Crippen molar-refractivity contribution in [2.45, 2.75) is 6.54 Å². The minimum atomic E-state index is 0.00916. The monoisotopic (exact) mass is 456 g/mol. The Balaban J connectivity index is 1.56. The van der Waals surface area contributed by atoms with Gasteiger partial charge >= 0.3 is 0 Å². The second-order valence-electron chi connectivity index (χ2n) is 7.18.